The summed E-state index contributed by atoms with van der Waals surface area (Å²) in [4.78, 5) is 23.5. The van der Waals surface area contributed by atoms with E-state index in [0.717, 1.165) is 72.8 Å². The Hall–Kier alpha value is -2.49. The van der Waals surface area contributed by atoms with Crippen LogP contribution in [0.1, 0.15) is 85.8 Å². The zero-order chi connectivity index (χ0) is 19.9. The van der Waals surface area contributed by atoms with Crippen LogP contribution in [-0.2, 0) is 11.8 Å². The number of Topliss-reactive ketones (excluding diaryl/α,β-unsaturated/α-hetero) is 1. The van der Waals surface area contributed by atoms with Gasteiger partial charge in [0.1, 0.15) is 0 Å². The van der Waals surface area contributed by atoms with E-state index in [9.17, 15) is 14.9 Å². The summed E-state index contributed by atoms with van der Waals surface area (Å²) in [6, 6.07) is 9.63. The van der Waals surface area contributed by atoms with Gasteiger partial charge < -0.3 is 0 Å². The minimum Gasteiger partial charge on any atom is -0.294 e. The van der Waals surface area contributed by atoms with Crippen molar-refractivity contribution in [3.05, 3.63) is 62.7 Å². The van der Waals surface area contributed by atoms with Crippen molar-refractivity contribution in [1.82, 2.24) is 0 Å². The Morgan fingerprint density at radius 1 is 0.929 bits per heavy atom. The molecule has 0 saturated heterocycles. The molecule has 0 heterocycles. The molecule has 2 aliphatic rings. The van der Waals surface area contributed by atoms with Crippen molar-refractivity contribution in [3.8, 4) is 11.1 Å². The Labute approximate surface area is 166 Å². The molecule has 0 bridgehead atoms. The van der Waals surface area contributed by atoms with Crippen molar-refractivity contribution in [3.63, 3.8) is 0 Å². The summed E-state index contributed by atoms with van der Waals surface area (Å²) in [5.74, 6) is 0.223. The van der Waals surface area contributed by atoms with Gasteiger partial charge in [0.2, 0.25) is 0 Å². The molecule has 4 nitrogen and oxygen atoms in total. The van der Waals surface area contributed by atoms with Crippen LogP contribution in [0.2, 0.25) is 0 Å². The summed E-state index contributed by atoms with van der Waals surface area (Å²) in [5.41, 5.74) is 6.57. The maximum absolute atomic E-state index is 12.3. The van der Waals surface area contributed by atoms with Gasteiger partial charge in [-0.2, -0.15) is 0 Å². The molecule has 0 aliphatic heterocycles. The number of hydrogen-bond acceptors (Lipinski definition) is 3. The maximum atomic E-state index is 12.3. The second-order valence-corrected chi connectivity index (χ2v) is 8.25. The van der Waals surface area contributed by atoms with Crippen LogP contribution in [0.3, 0.4) is 0 Å². The highest BCUT2D eigenvalue weighted by atomic mass is 16.6. The number of carbonyl (C=O) groups is 1. The highest BCUT2D eigenvalue weighted by molar-refractivity contribution is 6.02. The summed E-state index contributed by atoms with van der Waals surface area (Å²) in [7, 11) is 0. The van der Waals surface area contributed by atoms with Crippen LogP contribution >= 0.6 is 0 Å². The van der Waals surface area contributed by atoms with Crippen LogP contribution in [-0.4, -0.2) is 10.7 Å². The molecule has 0 fully saturated rings. The lowest BCUT2D eigenvalue weighted by Gasteiger charge is -2.32. The predicted octanol–water partition coefficient (Wildman–Crippen LogP) is 6.37. The Bertz CT molecular complexity index is 953. The molecule has 2 aliphatic carbocycles. The van der Waals surface area contributed by atoms with Crippen LogP contribution in [0.15, 0.2) is 30.3 Å². The highest BCUT2D eigenvalue weighted by Gasteiger charge is 2.44. The molecule has 0 radical (unpaired) electrons. The van der Waals surface area contributed by atoms with E-state index in [0.29, 0.717) is 6.42 Å². The van der Waals surface area contributed by atoms with E-state index < -0.39 is 0 Å². The summed E-state index contributed by atoms with van der Waals surface area (Å²) < 4.78 is 0. The zero-order valence-corrected chi connectivity index (χ0v) is 16.7. The Morgan fingerprint density at radius 2 is 1.61 bits per heavy atom. The first-order valence-corrected chi connectivity index (χ1v) is 10.5. The highest BCUT2D eigenvalue weighted by Crippen LogP contribution is 2.55. The van der Waals surface area contributed by atoms with E-state index in [1.54, 1.807) is 12.1 Å². The third-order valence-corrected chi connectivity index (χ3v) is 6.61. The summed E-state index contributed by atoms with van der Waals surface area (Å²) in [6.07, 6.45) is 7.77. The van der Waals surface area contributed by atoms with Gasteiger partial charge in [-0.1, -0.05) is 45.6 Å². The number of benzene rings is 2. The molecule has 0 unspecified atom stereocenters. The minimum absolute atomic E-state index is 0.160. The molecular formula is C24H27NO3. The predicted molar refractivity (Wildman–Crippen MR) is 111 cm³/mol. The van der Waals surface area contributed by atoms with Crippen molar-refractivity contribution in [2.45, 2.75) is 70.6 Å². The Kier molecular flexibility index (Phi) is 4.82. The second-order valence-electron chi connectivity index (χ2n) is 8.25. The number of nitrogens with zero attached hydrogens (tertiary/aromatic N) is 1. The molecule has 2 aromatic rings. The number of nitro benzene ring substituents is 1. The molecular weight excluding hydrogens is 350 g/mol. The fraction of sp³-hybridized carbons (Fsp3) is 0.458. The van der Waals surface area contributed by atoms with Gasteiger partial charge in [0.05, 0.1) is 4.92 Å². The molecule has 2 aromatic carbocycles. The van der Waals surface area contributed by atoms with Gasteiger partial charge in [0.15, 0.2) is 5.78 Å². The number of carbonyl (C=O) groups excluding carboxylic acids is 1. The standard InChI is InChI=1S/C24H27NO3/c1-3-5-11-24(12-6-4-2)21-13-16-7-10-23(26)19(16)15-20(21)18-9-8-17(25(27)28)14-22(18)24/h8-9,13-15H,3-7,10-12H2,1-2H3. The molecule has 4 rings (SSSR count). The van der Waals surface area contributed by atoms with Crippen LogP contribution in [0.5, 0.6) is 0 Å². The monoisotopic (exact) mass is 377 g/mol. The molecule has 0 aromatic heterocycles. The SMILES string of the molecule is CCCCC1(CCCC)c2cc([N+](=O)[O-])ccc2-c2cc3c(cc21)CCC3=O. The average Bonchev–Trinajstić information content (AvgIpc) is 3.19. The van der Waals surface area contributed by atoms with E-state index in [-0.39, 0.29) is 21.8 Å². The average molecular weight is 377 g/mol. The topological polar surface area (TPSA) is 60.2 Å². The van der Waals surface area contributed by atoms with E-state index in [1.807, 2.05) is 6.07 Å². The van der Waals surface area contributed by atoms with Gasteiger partial charge in [-0.25, -0.2) is 0 Å². The lowest BCUT2D eigenvalue weighted by Crippen LogP contribution is -2.25. The molecule has 4 heteroatoms. The molecule has 0 amide bonds. The summed E-state index contributed by atoms with van der Waals surface area (Å²) in [6.45, 7) is 4.39. The van der Waals surface area contributed by atoms with Crippen molar-refractivity contribution in [2.75, 3.05) is 0 Å². The quantitative estimate of drug-likeness (QED) is 0.416. The summed E-state index contributed by atoms with van der Waals surface area (Å²) in [5, 5.41) is 11.5. The third-order valence-electron chi connectivity index (χ3n) is 6.61. The van der Waals surface area contributed by atoms with E-state index in [1.165, 1.54) is 5.56 Å². The van der Waals surface area contributed by atoms with Crippen molar-refractivity contribution < 1.29 is 9.72 Å². The van der Waals surface area contributed by atoms with Gasteiger partial charge in [0.25, 0.3) is 5.69 Å². The molecule has 0 saturated carbocycles. The van der Waals surface area contributed by atoms with Gasteiger partial charge in [-0.05, 0) is 59.2 Å². The minimum atomic E-state index is -0.294. The van der Waals surface area contributed by atoms with Crippen LogP contribution < -0.4 is 0 Å². The Morgan fingerprint density at radius 3 is 2.25 bits per heavy atom. The molecule has 28 heavy (non-hydrogen) atoms. The van der Waals surface area contributed by atoms with Gasteiger partial charge in [-0.3, -0.25) is 14.9 Å². The van der Waals surface area contributed by atoms with Gasteiger partial charge in [-0.15, -0.1) is 0 Å². The molecule has 146 valence electrons. The number of ketones is 1. The van der Waals surface area contributed by atoms with E-state index in [2.05, 4.69) is 26.0 Å². The number of hydrogen-bond donors (Lipinski definition) is 0. The molecule has 0 N–H and O–H groups in total. The number of nitro groups is 1. The van der Waals surface area contributed by atoms with Crippen LogP contribution in [0.25, 0.3) is 11.1 Å². The van der Waals surface area contributed by atoms with Crippen LogP contribution in [0, 0.1) is 10.1 Å². The largest absolute Gasteiger partial charge is 0.294 e. The smallest absolute Gasteiger partial charge is 0.269 e. The molecule has 0 spiro atoms. The first-order chi connectivity index (χ1) is 13.5. The Balaban J connectivity index is 1.98. The summed E-state index contributed by atoms with van der Waals surface area (Å²) >= 11 is 0. The van der Waals surface area contributed by atoms with E-state index in [4.69, 9.17) is 0 Å². The van der Waals surface area contributed by atoms with Crippen molar-refractivity contribution in [2.24, 2.45) is 0 Å². The number of fused-ring (bicyclic) bond motifs is 4. The van der Waals surface area contributed by atoms with Gasteiger partial charge >= 0.3 is 0 Å². The fourth-order valence-corrected chi connectivity index (χ4v) is 5.16. The first-order valence-electron chi connectivity index (χ1n) is 10.5. The molecule has 0 atom stereocenters. The fourth-order valence-electron chi connectivity index (χ4n) is 5.16. The number of aryl methyl sites for hydroxylation is 1. The lowest BCUT2D eigenvalue weighted by molar-refractivity contribution is -0.384. The van der Waals surface area contributed by atoms with Crippen LogP contribution in [0.4, 0.5) is 5.69 Å². The van der Waals surface area contributed by atoms with E-state index >= 15 is 0 Å². The van der Waals surface area contributed by atoms with Crippen molar-refractivity contribution >= 4 is 11.5 Å². The lowest BCUT2D eigenvalue weighted by atomic mass is 9.70. The van der Waals surface area contributed by atoms with Gasteiger partial charge in [0, 0.05) is 29.5 Å². The second kappa shape index (κ2) is 7.16. The number of non-ortho nitro benzene ring substituents is 1. The normalized spacial score (nSPS) is 16.0. The van der Waals surface area contributed by atoms with Crippen molar-refractivity contribution in [1.29, 1.82) is 0 Å². The zero-order valence-electron chi connectivity index (χ0n) is 16.7. The maximum Gasteiger partial charge on any atom is 0.269 e. The first kappa shape index (κ1) is 18.9. The third kappa shape index (κ3) is 2.78. The number of unbranched alkanes of at least 4 members (excludes halogenated alkanes) is 2. The number of rotatable bonds is 7.